The maximum Gasteiger partial charge on any atom is 0.238 e. The Balaban J connectivity index is 3.16. The van der Waals surface area contributed by atoms with E-state index < -0.39 is 10.0 Å². The Morgan fingerprint density at radius 1 is 1.23 bits per heavy atom. The first kappa shape index (κ1) is 10.1. The summed E-state index contributed by atoms with van der Waals surface area (Å²) in [5.74, 6) is 0. The molecule has 1 aromatic carbocycles. The van der Waals surface area contributed by atoms with E-state index in [9.17, 15) is 8.42 Å². The highest BCUT2D eigenvalue weighted by Gasteiger charge is 2.06. The molecule has 0 spiro atoms. The van der Waals surface area contributed by atoms with E-state index in [2.05, 4.69) is 0 Å². The third-order valence-corrected chi connectivity index (χ3v) is 2.63. The fraction of sp³-hybridized carbons (Fsp3) is 0. The summed E-state index contributed by atoms with van der Waals surface area (Å²) in [5.41, 5.74) is 5.94. The lowest BCUT2D eigenvalue weighted by atomic mass is 10.2. The molecule has 1 rings (SSSR count). The van der Waals surface area contributed by atoms with Crippen LogP contribution in [-0.2, 0) is 10.0 Å². The zero-order valence-corrected chi connectivity index (χ0v) is 8.23. The van der Waals surface area contributed by atoms with Gasteiger partial charge in [0.25, 0.3) is 0 Å². The molecular formula is C7H8N2O2S2. The van der Waals surface area contributed by atoms with Crippen LogP contribution in [0.15, 0.2) is 29.2 Å². The lowest BCUT2D eigenvalue weighted by Gasteiger charge is -1.99. The van der Waals surface area contributed by atoms with Gasteiger partial charge in [-0.2, -0.15) is 0 Å². The van der Waals surface area contributed by atoms with E-state index in [4.69, 9.17) is 23.1 Å². The van der Waals surface area contributed by atoms with Gasteiger partial charge in [0.15, 0.2) is 0 Å². The molecular weight excluding hydrogens is 208 g/mol. The fourth-order valence-corrected chi connectivity index (χ4v) is 1.46. The molecule has 70 valence electrons. The van der Waals surface area contributed by atoms with E-state index in [0.29, 0.717) is 5.56 Å². The molecule has 0 aromatic heterocycles. The van der Waals surface area contributed by atoms with Gasteiger partial charge in [-0.15, -0.1) is 0 Å². The summed E-state index contributed by atoms with van der Waals surface area (Å²) in [7, 11) is -3.63. The van der Waals surface area contributed by atoms with Gasteiger partial charge in [0.05, 0.1) is 4.90 Å². The van der Waals surface area contributed by atoms with Crippen LogP contribution in [0.4, 0.5) is 0 Å². The number of primary sulfonamides is 1. The molecule has 0 unspecified atom stereocenters. The van der Waals surface area contributed by atoms with E-state index in [1.165, 1.54) is 24.3 Å². The van der Waals surface area contributed by atoms with Crippen molar-refractivity contribution in [2.45, 2.75) is 4.90 Å². The average molecular weight is 216 g/mol. The summed E-state index contributed by atoms with van der Waals surface area (Å²) in [6, 6.07) is 5.76. The number of hydrogen-bond acceptors (Lipinski definition) is 3. The number of rotatable bonds is 2. The smallest absolute Gasteiger partial charge is 0.238 e. The van der Waals surface area contributed by atoms with Crippen molar-refractivity contribution < 1.29 is 8.42 Å². The molecule has 0 amide bonds. The second-order valence-corrected chi connectivity index (χ2v) is 4.43. The third kappa shape index (κ3) is 2.48. The first-order valence-corrected chi connectivity index (χ1v) is 5.29. The first-order chi connectivity index (χ1) is 5.91. The van der Waals surface area contributed by atoms with Gasteiger partial charge in [-0.3, -0.25) is 0 Å². The highest BCUT2D eigenvalue weighted by molar-refractivity contribution is 7.89. The molecule has 0 aliphatic heterocycles. The van der Waals surface area contributed by atoms with Crippen LogP contribution < -0.4 is 10.9 Å². The molecule has 0 atom stereocenters. The number of benzene rings is 1. The van der Waals surface area contributed by atoms with Gasteiger partial charge in [0.1, 0.15) is 4.99 Å². The Kier molecular flexibility index (Phi) is 2.65. The van der Waals surface area contributed by atoms with Crippen LogP contribution in [0, 0.1) is 0 Å². The van der Waals surface area contributed by atoms with Crippen LogP contribution in [-0.4, -0.2) is 13.4 Å². The number of hydrogen-bond donors (Lipinski definition) is 2. The number of sulfonamides is 1. The van der Waals surface area contributed by atoms with Crippen molar-refractivity contribution in [1.82, 2.24) is 0 Å². The van der Waals surface area contributed by atoms with Crippen molar-refractivity contribution in [3.63, 3.8) is 0 Å². The van der Waals surface area contributed by atoms with Gasteiger partial charge in [0, 0.05) is 5.56 Å². The number of nitrogens with two attached hydrogens (primary N) is 2. The van der Waals surface area contributed by atoms with E-state index in [1.807, 2.05) is 0 Å². The van der Waals surface area contributed by atoms with Crippen molar-refractivity contribution >= 4 is 27.2 Å². The average Bonchev–Trinajstić information content (AvgIpc) is 2.03. The minimum atomic E-state index is -3.63. The molecule has 0 fully saturated rings. The second-order valence-electron chi connectivity index (χ2n) is 2.43. The topological polar surface area (TPSA) is 86.2 Å². The van der Waals surface area contributed by atoms with Crippen molar-refractivity contribution in [2.75, 3.05) is 0 Å². The maximum absolute atomic E-state index is 10.8. The third-order valence-electron chi connectivity index (χ3n) is 1.47. The standard InChI is InChI=1S/C7H8N2O2S2/c8-7(12)5-1-3-6(4-2-5)13(9,10)11/h1-4H,(H2,8,12)(H2,9,10,11). The zero-order chi connectivity index (χ0) is 10.1. The molecule has 0 radical (unpaired) electrons. The highest BCUT2D eigenvalue weighted by atomic mass is 32.2. The van der Waals surface area contributed by atoms with Crippen molar-refractivity contribution in [2.24, 2.45) is 10.9 Å². The molecule has 0 aliphatic carbocycles. The predicted molar refractivity (Wildman–Crippen MR) is 53.7 cm³/mol. The maximum atomic E-state index is 10.8. The molecule has 4 N–H and O–H groups in total. The molecule has 13 heavy (non-hydrogen) atoms. The van der Waals surface area contributed by atoms with E-state index in [0.717, 1.165) is 0 Å². The summed E-state index contributed by atoms with van der Waals surface area (Å²) in [4.78, 5) is 0.272. The summed E-state index contributed by atoms with van der Waals surface area (Å²) in [6.07, 6.45) is 0. The van der Waals surface area contributed by atoms with Crippen molar-refractivity contribution in [3.05, 3.63) is 29.8 Å². The molecule has 0 saturated carbocycles. The van der Waals surface area contributed by atoms with Gasteiger partial charge in [-0.1, -0.05) is 24.4 Å². The minimum absolute atomic E-state index is 0.0486. The largest absolute Gasteiger partial charge is 0.389 e. The van der Waals surface area contributed by atoms with Crippen molar-refractivity contribution in [3.8, 4) is 0 Å². The summed E-state index contributed by atoms with van der Waals surface area (Å²) >= 11 is 4.70. The van der Waals surface area contributed by atoms with Crippen LogP contribution in [0.5, 0.6) is 0 Å². The lowest BCUT2D eigenvalue weighted by molar-refractivity contribution is 0.598. The van der Waals surface area contributed by atoms with Crippen LogP contribution in [0.1, 0.15) is 5.56 Å². The summed E-state index contributed by atoms with van der Waals surface area (Å²) in [6.45, 7) is 0. The van der Waals surface area contributed by atoms with E-state index in [1.54, 1.807) is 0 Å². The Hall–Kier alpha value is -0.980. The van der Waals surface area contributed by atoms with E-state index >= 15 is 0 Å². The second kappa shape index (κ2) is 3.41. The highest BCUT2D eigenvalue weighted by Crippen LogP contribution is 2.08. The van der Waals surface area contributed by atoms with Gasteiger partial charge in [-0.05, 0) is 12.1 Å². The van der Waals surface area contributed by atoms with Crippen LogP contribution in [0.2, 0.25) is 0 Å². The van der Waals surface area contributed by atoms with Gasteiger partial charge < -0.3 is 5.73 Å². The number of thiocarbonyl (C=S) groups is 1. The molecule has 4 nitrogen and oxygen atoms in total. The predicted octanol–water partition coefficient (Wildman–Crippen LogP) is -0.0318. The Labute approximate surface area is 81.6 Å². The Bertz CT molecular complexity index is 422. The lowest BCUT2D eigenvalue weighted by Crippen LogP contribution is -2.13. The fourth-order valence-electron chi connectivity index (χ4n) is 0.809. The molecule has 0 saturated heterocycles. The molecule has 0 heterocycles. The van der Waals surface area contributed by atoms with Crippen LogP contribution in [0.25, 0.3) is 0 Å². The zero-order valence-electron chi connectivity index (χ0n) is 6.60. The molecule has 6 heteroatoms. The van der Waals surface area contributed by atoms with Gasteiger partial charge in [0.2, 0.25) is 10.0 Å². The van der Waals surface area contributed by atoms with Crippen LogP contribution >= 0.6 is 12.2 Å². The summed E-state index contributed by atoms with van der Waals surface area (Å²) < 4.78 is 21.7. The Morgan fingerprint density at radius 3 is 2.00 bits per heavy atom. The van der Waals surface area contributed by atoms with Crippen LogP contribution in [0.3, 0.4) is 0 Å². The quantitative estimate of drug-likeness (QED) is 0.680. The van der Waals surface area contributed by atoms with Gasteiger partial charge in [-0.25, -0.2) is 13.6 Å². The Morgan fingerprint density at radius 2 is 1.69 bits per heavy atom. The monoisotopic (exact) mass is 216 g/mol. The molecule has 0 bridgehead atoms. The van der Waals surface area contributed by atoms with E-state index in [-0.39, 0.29) is 9.88 Å². The SMILES string of the molecule is NC(=S)c1ccc(S(N)(=O)=O)cc1. The van der Waals surface area contributed by atoms with Crippen molar-refractivity contribution in [1.29, 1.82) is 0 Å². The summed E-state index contributed by atoms with van der Waals surface area (Å²) in [5, 5.41) is 4.89. The van der Waals surface area contributed by atoms with Gasteiger partial charge >= 0.3 is 0 Å². The normalized spacial score (nSPS) is 11.2. The molecule has 1 aromatic rings. The molecule has 0 aliphatic rings. The first-order valence-electron chi connectivity index (χ1n) is 3.34. The minimum Gasteiger partial charge on any atom is -0.389 e.